The first-order valence-corrected chi connectivity index (χ1v) is 5.98. The van der Waals surface area contributed by atoms with Gasteiger partial charge >= 0.3 is 5.97 Å². The summed E-state index contributed by atoms with van der Waals surface area (Å²) in [6.07, 6.45) is 0. The Morgan fingerprint density at radius 1 is 1.25 bits per heavy atom. The van der Waals surface area contributed by atoms with Crippen LogP contribution in [0.3, 0.4) is 0 Å². The fourth-order valence-corrected chi connectivity index (χ4v) is 1.52. The third kappa shape index (κ3) is 2.85. The van der Waals surface area contributed by atoms with E-state index in [1.807, 2.05) is 30.3 Å². The predicted octanol–water partition coefficient (Wildman–Crippen LogP) is 1.93. The van der Waals surface area contributed by atoms with Gasteiger partial charge in [0.05, 0.1) is 0 Å². The van der Waals surface area contributed by atoms with Crippen molar-refractivity contribution >= 4 is 11.9 Å². The Kier molecular flexibility index (Phi) is 3.56. The monoisotopic (exact) mass is 274 g/mol. The summed E-state index contributed by atoms with van der Waals surface area (Å²) >= 11 is 0. The number of carboxylic acids is 1. The van der Waals surface area contributed by atoms with Gasteiger partial charge in [0.1, 0.15) is 5.54 Å². The van der Waals surface area contributed by atoms with Crippen molar-refractivity contribution in [2.45, 2.75) is 19.4 Å². The molecule has 0 aliphatic carbocycles. The van der Waals surface area contributed by atoms with Crippen LogP contribution in [0, 0.1) is 0 Å². The number of benzene rings is 1. The minimum absolute atomic E-state index is 0.0400. The summed E-state index contributed by atoms with van der Waals surface area (Å²) in [5, 5.41) is 15.0. The summed E-state index contributed by atoms with van der Waals surface area (Å²) in [7, 11) is 0. The summed E-state index contributed by atoms with van der Waals surface area (Å²) in [6, 6.07) is 10.7. The quantitative estimate of drug-likeness (QED) is 0.888. The van der Waals surface area contributed by atoms with E-state index in [2.05, 4.69) is 10.5 Å². The second-order valence-corrected chi connectivity index (χ2v) is 4.83. The minimum Gasteiger partial charge on any atom is -0.480 e. The van der Waals surface area contributed by atoms with Gasteiger partial charge in [0, 0.05) is 11.6 Å². The van der Waals surface area contributed by atoms with Crippen molar-refractivity contribution in [3.63, 3.8) is 0 Å². The average molecular weight is 274 g/mol. The highest BCUT2D eigenvalue weighted by Crippen LogP contribution is 2.19. The molecule has 0 aliphatic rings. The molecule has 6 heteroatoms. The number of hydrogen-bond acceptors (Lipinski definition) is 4. The van der Waals surface area contributed by atoms with E-state index in [4.69, 9.17) is 9.63 Å². The van der Waals surface area contributed by atoms with Gasteiger partial charge in [0.15, 0.2) is 11.5 Å². The van der Waals surface area contributed by atoms with Crippen LogP contribution >= 0.6 is 0 Å². The number of aliphatic carboxylic acids is 1. The molecular weight excluding hydrogens is 260 g/mol. The van der Waals surface area contributed by atoms with Crippen LogP contribution < -0.4 is 5.32 Å². The molecule has 6 nitrogen and oxygen atoms in total. The van der Waals surface area contributed by atoms with Gasteiger partial charge in [0.2, 0.25) is 0 Å². The van der Waals surface area contributed by atoms with Gasteiger partial charge < -0.3 is 14.9 Å². The number of rotatable bonds is 4. The highest BCUT2D eigenvalue weighted by atomic mass is 16.5. The lowest BCUT2D eigenvalue weighted by Gasteiger charge is -2.19. The van der Waals surface area contributed by atoms with Crippen molar-refractivity contribution in [1.82, 2.24) is 10.5 Å². The Morgan fingerprint density at radius 2 is 1.90 bits per heavy atom. The molecule has 1 aromatic heterocycles. The average Bonchev–Trinajstić information content (AvgIpc) is 2.88. The van der Waals surface area contributed by atoms with E-state index in [0.717, 1.165) is 5.56 Å². The lowest BCUT2D eigenvalue weighted by molar-refractivity contribution is -0.143. The molecule has 0 radical (unpaired) electrons. The summed E-state index contributed by atoms with van der Waals surface area (Å²) in [5.74, 6) is -1.27. The Hall–Kier alpha value is -2.63. The number of nitrogens with zero attached hydrogens (tertiary/aromatic N) is 1. The predicted molar refractivity (Wildman–Crippen MR) is 71.1 cm³/mol. The van der Waals surface area contributed by atoms with Gasteiger partial charge in [-0.2, -0.15) is 0 Å². The van der Waals surface area contributed by atoms with Crippen LogP contribution in [0.5, 0.6) is 0 Å². The van der Waals surface area contributed by atoms with Crippen LogP contribution in [-0.4, -0.2) is 27.7 Å². The van der Waals surface area contributed by atoms with Gasteiger partial charge in [0.25, 0.3) is 5.91 Å². The third-order valence-corrected chi connectivity index (χ3v) is 2.76. The molecule has 0 unspecified atom stereocenters. The maximum atomic E-state index is 11.9. The van der Waals surface area contributed by atoms with E-state index in [-0.39, 0.29) is 5.69 Å². The van der Waals surface area contributed by atoms with E-state index in [9.17, 15) is 9.59 Å². The second kappa shape index (κ2) is 5.16. The van der Waals surface area contributed by atoms with Gasteiger partial charge in [-0.05, 0) is 13.8 Å². The first kappa shape index (κ1) is 13.8. The largest absolute Gasteiger partial charge is 0.480 e. The SMILES string of the molecule is CC(C)(NC(=O)c1cc(-c2ccccc2)on1)C(=O)O. The Morgan fingerprint density at radius 3 is 2.50 bits per heavy atom. The van der Waals surface area contributed by atoms with E-state index >= 15 is 0 Å². The molecule has 20 heavy (non-hydrogen) atoms. The molecular formula is C14H14N2O4. The summed E-state index contributed by atoms with van der Waals surface area (Å²) in [6.45, 7) is 2.79. The van der Waals surface area contributed by atoms with Crippen LogP contribution in [0.15, 0.2) is 40.9 Å². The van der Waals surface area contributed by atoms with Crippen LogP contribution in [0.1, 0.15) is 24.3 Å². The number of carbonyl (C=O) groups is 2. The third-order valence-electron chi connectivity index (χ3n) is 2.76. The first-order valence-electron chi connectivity index (χ1n) is 5.98. The Balaban J connectivity index is 2.17. The van der Waals surface area contributed by atoms with Gasteiger partial charge in [-0.3, -0.25) is 4.79 Å². The zero-order valence-electron chi connectivity index (χ0n) is 11.1. The fourth-order valence-electron chi connectivity index (χ4n) is 1.52. The lowest BCUT2D eigenvalue weighted by atomic mass is 10.1. The zero-order chi connectivity index (χ0) is 14.8. The van der Waals surface area contributed by atoms with Crippen molar-refractivity contribution in [2.75, 3.05) is 0 Å². The molecule has 0 saturated carbocycles. The van der Waals surface area contributed by atoms with Crippen molar-refractivity contribution in [3.05, 3.63) is 42.1 Å². The number of aromatic nitrogens is 1. The number of hydrogen-bond donors (Lipinski definition) is 2. The molecule has 0 spiro atoms. The molecule has 104 valence electrons. The standard InChI is InChI=1S/C14H14N2O4/c1-14(2,13(18)19)15-12(17)10-8-11(20-16-10)9-6-4-3-5-7-9/h3-8H,1-2H3,(H,15,17)(H,18,19). The maximum absolute atomic E-state index is 11.9. The van der Waals surface area contributed by atoms with Crippen molar-refractivity contribution in [1.29, 1.82) is 0 Å². The normalized spacial score (nSPS) is 11.1. The molecule has 2 N–H and O–H groups in total. The van der Waals surface area contributed by atoms with Crippen LogP contribution in [0.2, 0.25) is 0 Å². The zero-order valence-corrected chi connectivity index (χ0v) is 11.1. The number of carbonyl (C=O) groups excluding carboxylic acids is 1. The molecule has 2 rings (SSSR count). The molecule has 0 fully saturated rings. The topological polar surface area (TPSA) is 92.4 Å². The molecule has 0 bridgehead atoms. The highest BCUT2D eigenvalue weighted by molar-refractivity contribution is 5.96. The minimum atomic E-state index is -1.37. The van der Waals surface area contributed by atoms with Gasteiger partial charge in [-0.1, -0.05) is 35.5 Å². The maximum Gasteiger partial charge on any atom is 0.328 e. The summed E-state index contributed by atoms with van der Waals surface area (Å²) in [4.78, 5) is 22.9. The molecule has 0 saturated heterocycles. The molecule has 1 aromatic carbocycles. The number of amides is 1. The Labute approximate surface area is 115 Å². The van der Waals surface area contributed by atoms with Gasteiger partial charge in [-0.25, -0.2) is 4.79 Å². The highest BCUT2D eigenvalue weighted by Gasteiger charge is 2.30. The summed E-state index contributed by atoms with van der Waals surface area (Å²) < 4.78 is 5.09. The van der Waals surface area contributed by atoms with Crippen LogP contribution in [0.4, 0.5) is 0 Å². The Bertz CT molecular complexity index is 632. The lowest BCUT2D eigenvalue weighted by Crippen LogP contribution is -2.49. The van der Waals surface area contributed by atoms with E-state index in [0.29, 0.717) is 5.76 Å². The molecule has 0 aliphatic heterocycles. The number of nitrogens with one attached hydrogen (secondary N) is 1. The molecule has 2 aromatic rings. The van der Waals surface area contributed by atoms with Crippen molar-refractivity contribution in [2.24, 2.45) is 0 Å². The van der Waals surface area contributed by atoms with Crippen molar-refractivity contribution < 1.29 is 19.2 Å². The smallest absolute Gasteiger partial charge is 0.328 e. The van der Waals surface area contributed by atoms with Crippen molar-refractivity contribution in [3.8, 4) is 11.3 Å². The number of carboxylic acid groups (broad SMARTS) is 1. The first-order chi connectivity index (χ1) is 9.40. The van der Waals surface area contributed by atoms with E-state index in [1.165, 1.54) is 19.9 Å². The molecule has 0 atom stereocenters. The van der Waals surface area contributed by atoms with Gasteiger partial charge in [-0.15, -0.1) is 0 Å². The summed E-state index contributed by atoms with van der Waals surface area (Å²) in [5.41, 5.74) is -0.544. The second-order valence-electron chi connectivity index (χ2n) is 4.83. The van der Waals surface area contributed by atoms with Crippen LogP contribution in [-0.2, 0) is 4.79 Å². The fraction of sp³-hybridized carbons (Fsp3) is 0.214. The molecule has 1 heterocycles. The van der Waals surface area contributed by atoms with Crippen LogP contribution in [0.25, 0.3) is 11.3 Å². The molecule has 1 amide bonds. The van der Waals surface area contributed by atoms with E-state index < -0.39 is 17.4 Å². The van der Waals surface area contributed by atoms with E-state index in [1.54, 1.807) is 0 Å².